The Balaban J connectivity index is 0.626. The summed E-state index contributed by atoms with van der Waals surface area (Å²) in [6.45, 7) is 18.7. The van der Waals surface area contributed by atoms with Gasteiger partial charge in [-0.2, -0.15) is 0 Å². The average Bonchev–Trinajstić information content (AvgIpc) is 1.32. The van der Waals surface area contributed by atoms with Crippen molar-refractivity contribution >= 4 is 102 Å². The maximum Gasteiger partial charge on any atom is 0.0546 e. The van der Waals surface area contributed by atoms with Crippen molar-refractivity contribution in [1.82, 2.24) is 0 Å². The Morgan fingerprint density at radius 2 is 0.495 bits per heavy atom. The molecule has 0 saturated heterocycles. The predicted molar refractivity (Wildman–Crippen MR) is 399 cm³/mol. The highest BCUT2D eigenvalue weighted by atomic mass is 15.1. The molecule has 3 aliphatic carbocycles. The molecule has 2 heteroatoms. The number of hydrogen-bond donors (Lipinski definition) is 0. The molecule has 0 aliphatic heterocycles. The summed E-state index contributed by atoms with van der Waals surface area (Å²) in [4.78, 5) is 4.93. The molecule has 17 rings (SSSR count). The molecule has 0 N–H and O–H groups in total. The SMILES string of the molecule is Cc1ccc(N(c2ccc3c(c2)C(C)(C)c2cc(/C=C/c4ccc5c(c4)C(C)(C)c4cc(/C=C/c6ccc7c(c6)C(C)(C)c6cc(N(c8ccc(C)cc8)c8cc9ccccc9c9ccccc89)ccc6-7)ccc4-5)ccc2-3)c2cc3ccccc3c3ccccc23)cc1. The second-order valence-corrected chi connectivity index (χ2v) is 27.9. The molecule has 93 heavy (non-hydrogen) atoms. The summed E-state index contributed by atoms with van der Waals surface area (Å²) in [5.74, 6) is 0. The van der Waals surface area contributed by atoms with E-state index in [1.807, 2.05) is 0 Å². The lowest BCUT2D eigenvalue weighted by atomic mass is 9.81. The van der Waals surface area contributed by atoms with E-state index in [1.54, 1.807) is 0 Å². The molecule has 446 valence electrons. The fourth-order valence-electron chi connectivity index (χ4n) is 16.0. The van der Waals surface area contributed by atoms with Gasteiger partial charge >= 0.3 is 0 Å². The van der Waals surface area contributed by atoms with Gasteiger partial charge in [-0.05, 0) is 196 Å². The fraction of sp³-hybridized carbons (Fsp3) is 0.121. The molecule has 0 spiro atoms. The first-order valence-electron chi connectivity index (χ1n) is 32.9. The Morgan fingerprint density at radius 3 is 0.817 bits per heavy atom. The van der Waals surface area contributed by atoms with Crippen molar-refractivity contribution in [2.24, 2.45) is 0 Å². The number of nitrogens with zero attached hydrogens (tertiary/aromatic N) is 2. The van der Waals surface area contributed by atoms with Crippen molar-refractivity contribution in [2.45, 2.75) is 71.6 Å². The van der Waals surface area contributed by atoms with Gasteiger partial charge in [-0.25, -0.2) is 0 Å². The van der Waals surface area contributed by atoms with Crippen LogP contribution in [0.15, 0.2) is 267 Å². The molecular formula is C91H72N2. The number of hydrogen-bond acceptors (Lipinski definition) is 2. The topological polar surface area (TPSA) is 6.48 Å². The number of anilines is 6. The molecule has 2 nitrogen and oxygen atoms in total. The molecule has 3 aliphatic rings. The first-order chi connectivity index (χ1) is 45.1. The molecule has 0 heterocycles. The third-order valence-corrected chi connectivity index (χ3v) is 21.1. The van der Waals surface area contributed by atoms with Gasteiger partial charge in [0.05, 0.1) is 11.4 Å². The lowest BCUT2D eigenvalue weighted by Crippen LogP contribution is -2.17. The van der Waals surface area contributed by atoms with Crippen LogP contribution in [0.1, 0.15) is 108 Å². The highest BCUT2D eigenvalue weighted by Crippen LogP contribution is 2.55. The van der Waals surface area contributed by atoms with Gasteiger partial charge in [0.15, 0.2) is 0 Å². The van der Waals surface area contributed by atoms with Crippen molar-refractivity contribution in [3.8, 4) is 33.4 Å². The smallest absolute Gasteiger partial charge is 0.0546 e. The standard InChI is InChI=1S/C91H72N2/c1-57-25-37-65(38-26-57)92(87-53-63-17-9-11-19-69(63)71-21-13-15-23-79(71)87)67-41-47-77-75-45-35-61(51-83(75)90(5,6)85(77)55-67)31-29-59-33-43-73-74-44-34-60(50-82(74)89(3,4)81(73)49-59)30-32-62-36-46-76-78-48-42-68(56-86(78)91(7,8)84(76)52-62)93(66-39-27-58(2)28-40-66)88-54-64-18-10-12-20-70(64)72-22-14-16-24-80(72)88/h9-56H,1-8H3/b31-29+,32-30+. The van der Waals surface area contributed by atoms with Crippen LogP contribution in [0.5, 0.6) is 0 Å². The van der Waals surface area contributed by atoms with Gasteiger partial charge in [0.1, 0.15) is 0 Å². The Hall–Kier alpha value is -10.8. The van der Waals surface area contributed by atoms with Gasteiger partial charge in [-0.1, -0.05) is 283 Å². The van der Waals surface area contributed by atoms with E-state index in [0.29, 0.717) is 0 Å². The minimum absolute atomic E-state index is 0.171. The quantitative estimate of drug-likeness (QED) is 0.0995. The van der Waals surface area contributed by atoms with Crippen molar-refractivity contribution in [3.05, 3.63) is 334 Å². The van der Waals surface area contributed by atoms with Gasteiger partial charge in [0.25, 0.3) is 0 Å². The number of aryl methyl sites for hydroxylation is 2. The Bertz CT molecular complexity index is 5150. The van der Waals surface area contributed by atoms with E-state index in [-0.39, 0.29) is 16.2 Å². The van der Waals surface area contributed by atoms with Crippen LogP contribution in [-0.4, -0.2) is 0 Å². The minimum Gasteiger partial charge on any atom is -0.310 e. The summed E-state index contributed by atoms with van der Waals surface area (Å²) in [6.07, 6.45) is 9.22. The summed E-state index contributed by atoms with van der Waals surface area (Å²) >= 11 is 0. The first kappa shape index (κ1) is 56.2. The Kier molecular flexibility index (Phi) is 12.8. The third-order valence-electron chi connectivity index (χ3n) is 21.1. The highest BCUT2D eigenvalue weighted by molar-refractivity contribution is 6.16. The van der Waals surface area contributed by atoms with Crippen molar-refractivity contribution in [2.75, 3.05) is 9.80 Å². The molecule has 0 radical (unpaired) electrons. The molecule has 0 amide bonds. The zero-order valence-electron chi connectivity index (χ0n) is 54.1. The van der Waals surface area contributed by atoms with Crippen LogP contribution in [0.25, 0.3) is 101 Å². The fourth-order valence-corrected chi connectivity index (χ4v) is 16.0. The molecule has 0 unspecified atom stereocenters. The summed E-state index contributed by atoms with van der Waals surface area (Å²) < 4.78 is 0. The first-order valence-corrected chi connectivity index (χ1v) is 32.9. The number of fused-ring (bicyclic) bond motifs is 15. The van der Waals surface area contributed by atoms with Crippen LogP contribution in [-0.2, 0) is 16.2 Å². The van der Waals surface area contributed by atoms with Crippen LogP contribution in [0, 0.1) is 13.8 Å². The largest absolute Gasteiger partial charge is 0.310 e. The van der Waals surface area contributed by atoms with Gasteiger partial charge in [0, 0.05) is 49.8 Å². The van der Waals surface area contributed by atoms with Crippen molar-refractivity contribution < 1.29 is 0 Å². The van der Waals surface area contributed by atoms with Crippen LogP contribution in [0.4, 0.5) is 34.1 Å². The predicted octanol–water partition coefficient (Wildman–Crippen LogP) is 25.1. The van der Waals surface area contributed by atoms with Gasteiger partial charge in [-0.3, -0.25) is 0 Å². The van der Waals surface area contributed by atoms with E-state index >= 15 is 0 Å². The van der Waals surface area contributed by atoms with E-state index in [4.69, 9.17) is 0 Å². The van der Waals surface area contributed by atoms with Gasteiger partial charge in [0.2, 0.25) is 0 Å². The highest BCUT2D eigenvalue weighted by Gasteiger charge is 2.39. The maximum atomic E-state index is 2.47. The lowest BCUT2D eigenvalue weighted by molar-refractivity contribution is 0.660. The van der Waals surface area contributed by atoms with E-state index in [0.717, 1.165) is 22.7 Å². The molecule has 0 bridgehead atoms. The number of benzene rings is 14. The second-order valence-electron chi connectivity index (χ2n) is 27.9. The van der Waals surface area contributed by atoms with E-state index in [1.165, 1.54) is 155 Å². The lowest BCUT2D eigenvalue weighted by Gasteiger charge is -2.29. The van der Waals surface area contributed by atoms with E-state index < -0.39 is 0 Å². The van der Waals surface area contributed by atoms with Gasteiger partial charge < -0.3 is 9.80 Å². The average molecular weight is 1190 g/mol. The van der Waals surface area contributed by atoms with Crippen LogP contribution in [0.2, 0.25) is 0 Å². The molecule has 0 aromatic heterocycles. The van der Waals surface area contributed by atoms with Crippen LogP contribution in [0.3, 0.4) is 0 Å². The molecule has 14 aromatic carbocycles. The minimum atomic E-state index is -0.217. The Labute approximate surface area is 546 Å². The zero-order chi connectivity index (χ0) is 63.1. The summed E-state index contributed by atoms with van der Waals surface area (Å²) in [5.41, 5.74) is 29.7. The van der Waals surface area contributed by atoms with Crippen molar-refractivity contribution in [3.63, 3.8) is 0 Å². The zero-order valence-corrected chi connectivity index (χ0v) is 54.1. The van der Waals surface area contributed by atoms with Crippen LogP contribution >= 0.6 is 0 Å². The normalized spacial score (nSPS) is 14.4. The molecular weight excluding hydrogens is 1120 g/mol. The van der Waals surface area contributed by atoms with Gasteiger partial charge in [-0.15, -0.1) is 0 Å². The number of rotatable bonds is 10. The Morgan fingerprint density at radius 1 is 0.237 bits per heavy atom. The third kappa shape index (κ3) is 9.05. The summed E-state index contributed by atoms with van der Waals surface area (Å²) in [7, 11) is 0. The maximum absolute atomic E-state index is 2.47. The van der Waals surface area contributed by atoms with Crippen LogP contribution < -0.4 is 9.80 Å². The summed E-state index contributed by atoms with van der Waals surface area (Å²) in [5, 5.41) is 10.0. The molecule has 14 aromatic rings. The van der Waals surface area contributed by atoms with E-state index in [9.17, 15) is 0 Å². The second kappa shape index (κ2) is 21.1. The monoisotopic (exact) mass is 1190 g/mol. The summed E-state index contributed by atoms with van der Waals surface area (Å²) in [6, 6.07) is 101. The molecule has 0 saturated carbocycles. The van der Waals surface area contributed by atoms with E-state index in [2.05, 4.69) is 356 Å². The van der Waals surface area contributed by atoms with Crippen molar-refractivity contribution in [1.29, 1.82) is 0 Å². The molecule has 0 atom stereocenters. The molecule has 0 fully saturated rings.